The lowest BCUT2D eigenvalue weighted by molar-refractivity contribution is -0.161. The van der Waals surface area contributed by atoms with Gasteiger partial charge in [0.15, 0.2) is 0 Å². The zero-order valence-corrected chi connectivity index (χ0v) is 16.7. The average Bonchev–Trinajstić information content (AvgIpc) is 3.38. The number of ketones is 1. The predicted octanol–water partition coefficient (Wildman–Crippen LogP) is 2.03. The molecule has 30 heavy (non-hydrogen) atoms. The number of fused-ring (bicyclic) bond motifs is 2. The third-order valence-corrected chi connectivity index (χ3v) is 6.86. The number of aromatic nitrogens is 2. The molecule has 2 aliphatic rings. The standard InChI is InChI=1S/C21H17N3O5S/c1-10(25)15-13-7-12(17(21(28)29)24(13)19(15)27)14-8-23-9-22-16(20(23)30-14)18(26)11-5-3-2-4-6-11/h2-6,8-10,13,15,25H,7H2,1H3,(H,28,29)/t10-,13-,15-/m1/s1. The monoisotopic (exact) mass is 423 g/mol. The third-order valence-electron chi connectivity index (χ3n) is 5.69. The van der Waals surface area contributed by atoms with Crippen molar-refractivity contribution in [3.05, 3.63) is 64.7 Å². The number of nitrogens with zero attached hydrogens (tertiary/aromatic N) is 3. The van der Waals surface area contributed by atoms with Crippen LogP contribution in [-0.4, -0.2) is 54.3 Å². The molecule has 5 rings (SSSR count). The predicted molar refractivity (Wildman–Crippen MR) is 108 cm³/mol. The van der Waals surface area contributed by atoms with E-state index in [1.165, 1.54) is 22.6 Å². The third kappa shape index (κ3) is 2.55. The van der Waals surface area contributed by atoms with Gasteiger partial charge in [-0.1, -0.05) is 30.3 Å². The number of rotatable bonds is 5. The highest BCUT2D eigenvalue weighted by molar-refractivity contribution is 7.18. The first kappa shape index (κ1) is 18.7. The lowest BCUT2D eigenvalue weighted by atomic mass is 9.83. The van der Waals surface area contributed by atoms with Gasteiger partial charge in [0, 0.05) is 17.3 Å². The second-order valence-electron chi connectivity index (χ2n) is 7.47. The number of imidazole rings is 1. The van der Waals surface area contributed by atoms with Crippen molar-refractivity contribution < 1.29 is 24.6 Å². The Morgan fingerprint density at radius 2 is 2.00 bits per heavy atom. The van der Waals surface area contributed by atoms with Crippen LogP contribution in [0.4, 0.5) is 0 Å². The van der Waals surface area contributed by atoms with Crippen LogP contribution in [0.2, 0.25) is 0 Å². The van der Waals surface area contributed by atoms with Gasteiger partial charge in [0.1, 0.15) is 22.5 Å². The molecule has 0 bridgehead atoms. The molecule has 1 fully saturated rings. The van der Waals surface area contributed by atoms with Crippen molar-refractivity contribution in [1.82, 2.24) is 14.3 Å². The summed E-state index contributed by atoms with van der Waals surface area (Å²) in [5.74, 6) is -2.35. The average molecular weight is 423 g/mol. The van der Waals surface area contributed by atoms with E-state index in [0.717, 1.165) is 0 Å². The molecule has 2 aromatic heterocycles. The second-order valence-corrected chi connectivity index (χ2v) is 8.51. The van der Waals surface area contributed by atoms with Crippen molar-refractivity contribution in [2.45, 2.75) is 25.5 Å². The summed E-state index contributed by atoms with van der Waals surface area (Å²) >= 11 is 1.27. The molecular weight excluding hydrogens is 406 g/mol. The number of aliphatic hydroxyl groups is 1. The van der Waals surface area contributed by atoms with Gasteiger partial charge in [0.05, 0.1) is 22.9 Å². The maximum Gasteiger partial charge on any atom is 0.352 e. The molecule has 3 atom stereocenters. The molecular formula is C21H17N3O5S. The van der Waals surface area contributed by atoms with Crippen molar-refractivity contribution >= 4 is 39.4 Å². The highest BCUT2D eigenvalue weighted by Crippen LogP contribution is 2.48. The molecule has 0 aliphatic carbocycles. The molecule has 2 N–H and O–H groups in total. The SMILES string of the molecule is C[C@@H](O)[C@H]1C(=O)N2C(C(=O)O)=C(c3cn4cnc(C(=O)c5ccccc5)c4s3)C[C@H]12. The van der Waals surface area contributed by atoms with Crippen molar-refractivity contribution in [3.8, 4) is 0 Å². The Morgan fingerprint density at radius 3 is 2.67 bits per heavy atom. The van der Waals surface area contributed by atoms with E-state index >= 15 is 0 Å². The van der Waals surface area contributed by atoms with Gasteiger partial charge in [-0.25, -0.2) is 9.78 Å². The number of carbonyl (C=O) groups excluding carboxylic acids is 2. The summed E-state index contributed by atoms with van der Waals surface area (Å²) in [7, 11) is 0. The first-order valence-corrected chi connectivity index (χ1v) is 10.2. The number of hydrogen-bond acceptors (Lipinski definition) is 6. The number of carboxylic acids is 1. The molecule has 1 amide bonds. The van der Waals surface area contributed by atoms with Gasteiger partial charge in [0.25, 0.3) is 0 Å². The smallest absolute Gasteiger partial charge is 0.352 e. The summed E-state index contributed by atoms with van der Waals surface area (Å²) in [5.41, 5.74) is 1.31. The number of carbonyl (C=O) groups is 3. The lowest BCUT2D eigenvalue weighted by Gasteiger charge is -2.44. The van der Waals surface area contributed by atoms with Gasteiger partial charge in [-0.3, -0.25) is 14.0 Å². The summed E-state index contributed by atoms with van der Waals surface area (Å²) in [5, 5.41) is 19.6. The van der Waals surface area contributed by atoms with E-state index in [9.17, 15) is 24.6 Å². The van der Waals surface area contributed by atoms with Crippen LogP contribution in [0.1, 0.15) is 34.3 Å². The number of amides is 1. The van der Waals surface area contributed by atoms with E-state index in [-0.39, 0.29) is 23.4 Å². The van der Waals surface area contributed by atoms with Crippen LogP contribution < -0.4 is 0 Å². The van der Waals surface area contributed by atoms with E-state index in [1.807, 2.05) is 6.07 Å². The minimum Gasteiger partial charge on any atom is -0.477 e. The number of carboxylic acid groups (broad SMARTS) is 1. The number of benzene rings is 1. The van der Waals surface area contributed by atoms with Crippen LogP contribution in [0.5, 0.6) is 0 Å². The number of β-lactam (4-membered cyclic amide) rings is 1. The molecule has 8 nitrogen and oxygen atoms in total. The fourth-order valence-corrected chi connectivity index (χ4v) is 5.44. The number of hydrogen-bond donors (Lipinski definition) is 2. The summed E-state index contributed by atoms with van der Waals surface area (Å²) < 4.78 is 1.70. The Balaban J connectivity index is 1.56. The Kier molecular flexibility index (Phi) is 4.12. The zero-order chi connectivity index (χ0) is 21.2. The van der Waals surface area contributed by atoms with Crippen LogP contribution in [0.25, 0.3) is 10.4 Å². The molecule has 0 radical (unpaired) electrons. The van der Waals surface area contributed by atoms with Crippen molar-refractivity contribution in [2.24, 2.45) is 5.92 Å². The van der Waals surface area contributed by atoms with E-state index < -0.39 is 18.0 Å². The maximum absolute atomic E-state index is 12.8. The quantitative estimate of drug-likeness (QED) is 0.480. The van der Waals surface area contributed by atoms with Gasteiger partial charge in [-0.15, -0.1) is 11.3 Å². The van der Waals surface area contributed by atoms with Crippen molar-refractivity contribution in [3.63, 3.8) is 0 Å². The highest BCUT2D eigenvalue weighted by atomic mass is 32.1. The molecule has 4 heterocycles. The molecule has 0 saturated carbocycles. The summed E-state index contributed by atoms with van der Waals surface area (Å²) in [6, 6.07) is 8.47. The van der Waals surface area contributed by atoms with Crippen LogP contribution in [0.3, 0.4) is 0 Å². The van der Waals surface area contributed by atoms with Gasteiger partial charge in [-0.2, -0.15) is 0 Å². The number of thiazole rings is 1. The maximum atomic E-state index is 12.8. The molecule has 0 spiro atoms. The lowest BCUT2D eigenvalue weighted by Crippen LogP contribution is -2.61. The number of aliphatic carboxylic acids is 1. The van der Waals surface area contributed by atoms with E-state index in [4.69, 9.17) is 0 Å². The van der Waals surface area contributed by atoms with Crippen LogP contribution in [0, 0.1) is 5.92 Å². The minimum absolute atomic E-state index is 0.0460. The number of aliphatic hydroxyl groups excluding tert-OH is 1. The first-order chi connectivity index (χ1) is 14.4. The van der Waals surface area contributed by atoms with E-state index in [0.29, 0.717) is 33.0 Å². The zero-order valence-electron chi connectivity index (χ0n) is 15.8. The summed E-state index contributed by atoms with van der Waals surface area (Å²) in [4.78, 5) is 44.0. The second kappa shape index (κ2) is 6.61. The van der Waals surface area contributed by atoms with Gasteiger partial charge < -0.3 is 15.1 Å². The van der Waals surface area contributed by atoms with Gasteiger partial charge in [0.2, 0.25) is 11.7 Å². The van der Waals surface area contributed by atoms with Gasteiger partial charge in [-0.05, 0) is 13.3 Å². The van der Waals surface area contributed by atoms with E-state index in [2.05, 4.69) is 4.98 Å². The minimum atomic E-state index is -1.18. The Labute approximate surface area is 174 Å². The van der Waals surface area contributed by atoms with Crippen LogP contribution in [0.15, 0.2) is 48.6 Å². The molecule has 1 saturated heterocycles. The highest BCUT2D eigenvalue weighted by Gasteiger charge is 2.57. The van der Waals surface area contributed by atoms with Crippen molar-refractivity contribution in [1.29, 1.82) is 0 Å². The molecule has 9 heteroatoms. The van der Waals surface area contributed by atoms with Crippen LogP contribution >= 0.6 is 11.3 Å². The summed E-state index contributed by atoms with van der Waals surface area (Å²) in [6.07, 6.45) is 2.77. The fourth-order valence-electron chi connectivity index (χ4n) is 4.31. The molecule has 1 aromatic carbocycles. The van der Waals surface area contributed by atoms with Gasteiger partial charge >= 0.3 is 5.97 Å². The Morgan fingerprint density at radius 1 is 1.27 bits per heavy atom. The largest absolute Gasteiger partial charge is 0.477 e. The fraction of sp³-hybridized carbons (Fsp3) is 0.238. The normalized spacial score (nSPS) is 21.7. The molecule has 0 unspecified atom stereocenters. The van der Waals surface area contributed by atoms with E-state index in [1.54, 1.807) is 41.8 Å². The summed E-state index contributed by atoms with van der Waals surface area (Å²) in [6.45, 7) is 1.54. The van der Waals surface area contributed by atoms with Crippen LogP contribution in [-0.2, 0) is 9.59 Å². The topological polar surface area (TPSA) is 112 Å². The molecule has 152 valence electrons. The Bertz CT molecular complexity index is 1240. The Hall–Kier alpha value is -3.30. The van der Waals surface area contributed by atoms with Crippen molar-refractivity contribution in [2.75, 3.05) is 0 Å². The molecule has 3 aromatic rings. The first-order valence-electron chi connectivity index (χ1n) is 9.42. The molecule has 2 aliphatic heterocycles.